The van der Waals surface area contributed by atoms with E-state index in [1.54, 1.807) is 0 Å². The Morgan fingerprint density at radius 3 is 2.58 bits per heavy atom. The number of hydrogen-bond donors (Lipinski definition) is 0. The minimum absolute atomic E-state index is 0.687. The highest BCUT2D eigenvalue weighted by Gasteiger charge is 2.18. The minimum Gasteiger partial charge on any atom is -0.126 e. The number of alkyl halides is 1. The molecule has 1 fully saturated rings. The highest BCUT2D eigenvalue weighted by Crippen LogP contribution is 2.31. The standard InChI is InChI=1S/C11H19Cl/c1-2-5-11(9-12)8-10-6-3-4-7-10/h2,10-11H,1,3-9H2. The summed E-state index contributed by atoms with van der Waals surface area (Å²) in [6.45, 7) is 3.76. The Balaban J connectivity index is 2.20. The SMILES string of the molecule is C=CCC(CCl)CC1CCCC1. The Labute approximate surface area is 81.0 Å². The third-order valence-electron chi connectivity index (χ3n) is 2.86. The molecule has 12 heavy (non-hydrogen) atoms. The molecule has 0 aromatic rings. The summed E-state index contributed by atoms with van der Waals surface area (Å²) in [6, 6.07) is 0. The minimum atomic E-state index is 0.687. The second kappa shape index (κ2) is 5.64. The van der Waals surface area contributed by atoms with E-state index in [-0.39, 0.29) is 0 Å². The van der Waals surface area contributed by atoms with Crippen LogP contribution >= 0.6 is 11.6 Å². The van der Waals surface area contributed by atoms with E-state index >= 15 is 0 Å². The van der Waals surface area contributed by atoms with E-state index < -0.39 is 0 Å². The van der Waals surface area contributed by atoms with Crippen LogP contribution in [-0.2, 0) is 0 Å². The molecule has 0 N–H and O–H groups in total. The second-order valence-corrected chi connectivity index (χ2v) is 4.24. The highest BCUT2D eigenvalue weighted by molar-refractivity contribution is 6.18. The maximum absolute atomic E-state index is 5.88. The molecule has 0 aliphatic heterocycles. The molecule has 1 aliphatic rings. The van der Waals surface area contributed by atoms with Gasteiger partial charge in [0.2, 0.25) is 0 Å². The first-order valence-corrected chi connectivity index (χ1v) is 5.57. The monoisotopic (exact) mass is 186 g/mol. The summed E-state index contributed by atoms with van der Waals surface area (Å²) in [5.41, 5.74) is 0. The first-order valence-electron chi connectivity index (χ1n) is 5.03. The highest BCUT2D eigenvalue weighted by atomic mass is 35.5. The van der Waals surface area contributed by atoms with Crippen molar-refractivity contribution in [1.82, 2.24) is 0 Å². The first-order chi connectivity index (χ1) is 5.86. The Bertz CT molecular complexity index is 125. The summed E-state index contributed by atoms with van der Waals surface area (Å²) in [5.74, 6) is 2.46. The Morgan fingerprint density at radius 1 is 1.42 bits per heavy atom. The van der Waals surface area contributed by atoms with Gasteiger partial charge in [0.1, 0.15) is 0 Å². The summed E-state index contributed by atoms with van der Waals surface area (Å²) >= 11 is 5.88. The lowest BCUT2D eigenvalue weighted by Crippen LogP contribution is -2.07. The first kappa shape index (κ1) is 10.1. The van der Waals surface area contributed by atoms with Crippen molar-refractivity contribution in [2.75, 3.05) is 5.88 Å². The third-order valence-corrected chi connectivity index (χ3v) is 3.30. The van der Waals surface area contributed by atoms with Crippen LogP contribution in [0.25, 0.3) is 0 Å². The van der Waals surface area contributed by atoms with Crippen LogP contribution in [0.15, 0.2) is 12.7 Å². The molecule has 70 valence electrons. The van der Waals surface area contributed by atoms with Gasteiger partial charge in [0.05, 0.1) is 0 Å². The smallest absolute Gasteiger partial charge is 0.0254 e. The Hall–Kier alpha value is 0.0300. The molecule has 1 rings (SSSR count). The zero-order valence-electron chi connectivity index (χ0n) is 7.77. The zero-order valence-corrected chi connectivity index (χ0v) is 8.52. The molecule has 1 aliphatic carbocycles. The molecule has 0 amide bonds. The molecule has 0 aromatic carbocycles. The molecule has 0 saturated heterocycles. The van der Waals surface area contributed by atoms with E-state index in [1.807, 2.05) is 6.08 Å². The molecular weight excluding hydrogens is 168 g/mol. The fourth-order valence-corrected chi connectivity index (χ4v) is 2.43. The van der Waals surface area contributed by atoms with E-state index in [2.05, 4.69) is 6.58 Å². The van der Waals surface area contributed by atoms with Crippen molar-refractivity contribution in [2.24, 2.45) is 11.8 Å². The molecule has 1 saturated carbocycles. The summed E-state index contributed by atoms with van der Waals surface area (Å²) in [6.07, 6.45) is 10.2. The maximum atomic E-state index is 5.88. The predicted molar refractivity (Wildman–Crippen MR) is 55.6 cm³/mol. The van der Waals surface area contributed by atoms with Gasteiger partial charge in [-0.3, -0.25) is 0 Å². The van der Waals surface area contributed by atoms with E-state index in [1.165, 1.54) is 32.1 Å². The lowest BCUT2D eigenvalue weighted by Gasteiger charge is -2.16. The van der Waals surface area contributed by atoms with Crippen LogP contribution in [0.2, 0.25) is 0 Å². The van der Waals surface area contributed by atoms with Gasteiger partial charge in [0.25, 0.3) is 0 Å². The molecule has 0 radical (unpaired) electrons. The maximum Gasteiger partial charge on any atom is 0.0254 e. The lowest BCUT2D eigenvalue weighted by atomic mass is 9.92. The summed E-state index contributed by atoms with van der Waals surface area (Å²) in [4.78, 5) is 0. The van der Waals surface area contributed by atoms with Crippen LogP contribution in [0.3, 0.4) is 0 Å². The van der Waals surface area contributed by atoms with Crippen LogP contribution in [0.1, 0.15) is 38.5 Å². The van der Waals surface area contributed by atoms with Gasteiger partial charge < -0.3 is 0 Å². The van der Waals surface area contributed by atoms with Gasteiger partial charge in [-0.05, 0) is 24.7 Å². The average Bonchev–Trinajstić information content (AvgIpc) is 2.56. The molecule has 1 unspecified atom stereocenters. The van der Waals surface area contributed by atoms with Gasteiger partial charge >= 0.3 is 0 Å². The van der Waals surface area contributed by atoms with Crippen LogP contribution in [0, 0.1) is 11.8 Å². The van der Waals surface area contributed by atoms with E-state index in [9.17, 15) is 0 Å². The van der Waals surface area contributed by atoms with Gasteiger partial charge in [-0.2, -0.15) is 0 Å². The van der Waals surface area contributed by atoms with Crippen molar-refractivity contribution < 1.29 is 0 Å². The van der Waals surface area contributed by atoms with Gasteiger partial charge in [-0.15, -0.1) is 18.2 Å². The van der Waals surface area contributed by atoms with Gasteiger partial charge in [-0.1, -0.05) is 31.8 Å². The second-order valence-electron chi connectivity index (χ2n) is 3.93. The van der Waals surface area contributed by atoms with E-state index in [4.69, 9.17) is 11.6 Å². The third kappa shape index (κ3) is 3.18. The molecular formula is C11H19Cl. The summed E-state index contributed by atoms with van der Waals surface area (Å²) in [5, 5.41) is 0. The average molecular weight is 187 g/mol. The predicted octanol–water partition coefficient (Wildman–Crippen LogP) is 4.00. The van der Waals surface area contributed by atoms with Gasteiger partial charge in [-0.25, -0.2) is 0 Å². The van der Waals surface area contributed by atoms with Crippen molar-refractivity contribution >= 4 is 11.6 Å². The summed E-state index contributed by atoms with van der Waals surface area (Å²) < 4.78 is 0. The molecule has 0 aromatic heterocycles. The van der Waals surface area contributed by atoms with Crippen molar-refractivity contribution in [3.63, 3.8) is 0 Å². The van der Waals surface area contributed by atoms with Gasteiger partial charge in [0.15, 0.2) is 0 Å². The Morgan fingerprint density at radius 2 is 2.08 bits per heavy atom. The van der Waals surface area contributed by atoms with Crippen molar-refractivity contribution in [1.29, 1.82) is 0 Å². The number of rotatable bonds is 5. The fourth-order valence-electron chi connectivity index (χ4n) is 2.18. The van der Waals surface area contributed by atoms with Crippen molar-refractivity contribution in [2.45, 2.75) is 38.5 Å². The molecule has 0 bridgehead atoms. The van der Waals surface area contributed by atoms with Crippen LogP contribution in [0.5, 0.6) is 0 Å². The molecule has 1 heteroatoms. The van der Waals surface area contributed by atoms with E-state index in [0.29, 0.717) is 5.92 Å². The van der Waals surface area contributed by atoms with Crippen LogP contribution in [0.4, 0.5) is 0 Å². The molecule has 0 spiro atoms. The topological polar surface area (TPSA) is 0 Å². The number of halogens is 1. The summed E-state index contributed by atoms with van der Waals surface area (Å²) in [7, 11) is 0. The zero-order chi connectivity index (χ0) is 8.81. The molecule has 0 heterocycles. The van der Waals surface area contributed by atoms with E-state index in [0.717, 1.165) is 18.2 Å². The Kier molecular flexibility index (Phi) is 4.75. The quantitative estimate of drug-likeness (QED) is 0.450. The number of hydrogen-bond acceptors (Lipinski definition) is 0. The lowest BCUT2D eigenvalue weighted by molar-refractivity contribution is 0.403. The van der Waals surface area contributed by atoms with Gasteiger partial charge in [0, 0.05) is 5.88 Å². The van der Waals surface area contributed by atoms with Crippen molar-refractivity contribution in [3.05, 3.63) is 12.7 Å². The van der Waals surface area contributed by atoms with Crippen LogP contribution in [-0.4, -0.2) is 5.88 Å². The number of allylic oxidation sites excluding steroid dienone is 1. The fraction of sp³-hybridized carbons (Fsp3) is 0.818. The largest absolute Gasteiger partial charge is 0.126 e. The normalized spacial score (nSPS) is 21.1. The van der Waals surface area contributed by atoms with Crippen LogP contribution < -0.4 is 0 Å². The molecule has 0 nitrogen and oxygen atoms in total. The molecule has 1 atom stereocenters. The van der Waals surface area contributed by atoms with Crippen molar-refractivity contribution in [3.8, 4) is 0 Å².